The Morgan fingerprint density at radius 1 is 1.54 bits per heavy atom. The van der Waals surface area contributed by atoms with E-state index < -0.39 is 0 Å². The first-order chi connectivity index (χ1) is 6.33. The van der Waals surface area contributed by atoms with Crippen molar-refractivity contribution in [2.75, 3.05) is 7.11 Å². The Bertz CT molecular complexity index is 293. The summed E-state index contributed by atoms with van der Waals surface area (Å²) >= 11 is 0. The van der Waals surface area contributed by atoms with Crippen molar-refractivity contribution in [1.29, 1.82) is 0 Å². The zero-order chi connectivity index (χ0) is 9.52. The number of methoxy groups -OCH3 is 1. The predicted molar refractivity (Wildman–Crippen MR) is 52.1 cm³/mol. The highest BCUT2D eigenvalue weighted by molar-refractivity contribution is 5.82. The van der Waals surface area contributed by atoms with Gasteiger partial charge in [0.25, 0.3) is 0 Å². The van der Waals surface area contributed by atoms with Crippen molar-refractivity contribution in [2.24, 2.45) is 0 Å². The maximum absolute atomic E-state index is 10.8. The van der Waals surface area contributed by atoms with Crippen LogP contribution < -0.4 is 0 Å². The molecule has 0 atom stereocenters. The van der Waals surface area contributed by atoms with Crippen LogP contribution in [0.2, 0.25) is 0 Å². The highest BCUT2D eigenvalue weighted by Gasteiger charge is 1.92. The molecule has 0 aromatic carbocycles. The average molecular weight is 176 g/mol. The second-order valence-corrected chi connectivity index (χ2v) is 2.59. The molecule has 1 aliphatic carbocycles. The maximum Gasteiger partial charge on any atom is 0.330 e. The fraction of sp³-hybridized carbons (Fsp3) is 0.182. The van der Waals surface area contributed by atoms with Crippen LogP contribution in [0, 0.1) is 0 Å². The van der Waals surface area contributed by atoms with E-state index in [9.17, 15) is 4.79 Å². The topological polar surface area (TPSA) is 26.3 Å². The number of ether oxygens (including phenoxy) is 1. The molecule has 0 aromatic rings. The third-order valence-corrected chi connectivity index (χ3v) is 1.62. The summed E-state index contributed by atoms with van der Waals surface area (Å²) in [4.78, 5) is 10.8. The quantitative estimate of drug-likeness (QED) is 0.476. The van der Waals surface area contributed by atoms with Crippen molar-refractivity contribution in [3.05, 3.63) is 48.1 Å². The summed E-state index contributed by atoms with van der Waals surface area (Å²) in [6.07, 6.45) is 14.1. The van der Waals surface area contributed by atoms with Gasteiger partial charge in [0.05, 0.1) is 7.11 Å². The second-order valence-electron chi connectivity index (χ2n) is 2.59. The molecule has 0 bridgehead atoms. The molecule has 0 spiro atoms. The molecule has 2 nitrogen and oxygen atoms in total. The van der Waals surface area contributed by atoms with Crippen LogP contribution >= 0.6 is 0 Å². The summed E-state index contributed by atoms with van der Waals surface area (Å²) in [6.45, 7) is 0. The van der Waals surface area contributed by atoms with Crippen molar-refractivity contribution < 1.29 is 9.53 Å². The Labute approximate surface area is 77.9 Å². The Morgan fingerprint density at radius 2 is 2.38 bits per heavy atom. The van der Waals surface area contributed by atoms with Crippen LogP contribution in [0.3, 0.4) is 0 Å². The highest BCUT2D eigenvalue weighted by Crippen LogP contribution is 2.05. The van der Waals surface area contributed by atoms with Crippen molar-refractivity contribution in [3.63, 3.8) is 0 Å². The minimum Gasteiger partial charge on any atom is -0.466 e. The van der Waals surface area contributed by atoms with Crippen LogP contribution in [-0.4, -0.2) is 13.1 Å². The van der Waals surface area contributed by atoms with Gasteiger partial charge in [-0.3, -0.25) is 0 Å². The largest absolute Gasteiger partial charge is 0.466 e. The van der Waals surface area contributed by atoms with E-state index in [1.165, 1.54) is 13.2 Å². The van der Waals surface area contributed by atoms with Crippen LogP contribution in [0.1, 0.15) is 6.42 Å². The van der Waals surface area contributed by atoms with Gasteiger partial charge in [-0.2, -0.15) is 0 Å². The molecule has 0 N–H and O–H groups in total. The van der Waals surface area contributed by atoms with Gasteiger partial charge in [-0.05, 0) is 18.1 Å². The molecule has 0 radical (unpaired) electrons. The number of hydrogen-bond donors (Lipinski definition) is 0. The minimum atomic E-state index is -0.331. The summed E-state index contributed by atoms with van der Waals surface area (Å²) in [5.74, 6) is -0.331. The van der Waals surface area contributed by atoms with Gasteiger partial charge in [0.1, 0.15) is 0 Å². The summed E-state index contributed by atoms with van der Waals surface area (Å²) in [7, 11) is 1.36. The molecule has 0 saturated heterocycles. The normalized spacial score (nSPS) is 15.6. The average Bonchev–Trinajstić information content (AvgIpc) is 2.42. The predicted octanol–water partition coefficient (Wildman–Crippen LogP) is 2.16. The third kappa shape index (κ3) is 3.56. The molecule has 68 valence electrons. The van der Waals surface area contributed by atoms with Crippen LogP contribution in [0.5, 0.6) is 0 Å². The van der Waals surface area contributed by atoms with Gasteiger partial charge in [0, 0.05) is 6.08 Å². The van der Waals surface area contributed by atoms with Crippen LogP contribution in [0.4, 0.5) is 0 Å². The van der Waals surface area contributed by atoms with E-state index in [1.54, 1.807) is 6.08 Å². The molecule has 0 aromatic heterocycles. The second kappa shape index (κ2) is 5.14. The van der Waals surface area contributed by atoms with Gasteiger partial charge in [0.15, 0.2) is 0 Å². The molecule has 0 unspecified atom stereocenters. The molecule has 0 amide bonds. The molecule has 0 saturated carbocycles. The lowest BCUT2D eigenvalue weighted by atomic mass is 10.2. The van der Waals surface area contributed by atoms with Crippen LogP contribution in [-0.2, 0) is 9.53 Å². The Kier molecular flexibility index (Phi) is 3.76. The zero-order valence-corrected chi connectivity index (χ0v) is 7.57. The standard InChI is InChI=1S/C11H12O2/c1-13-11(12)9-8-10-6-4-2-3-5-7-10/h2,4-9H,3H2,1H3/b9-8+. The Balaban J connectivity index is 2.62. The van der Waals surface area contributed by atoms with E-state index in [0.29, 0.717) is 0 Å². The number of rotatable bonds is 2. The summed E-state index contributed by atoms with van der Waals surface area (Å²) in [5.41, 5.74) is 0.999. The Morgan fingerprint density at radius 3 is 3.15 bits per heavy atom. The maximum atomic E-state index is 10.8. The smallest absolute Gasteiger partial charge is 0.330 e. The molecule has 2 heteroatoms. The zero-order valence-electron chi connectivity index (χ0n) is 7.57. The Hall–Kier alpha value is -1.57. The lowest BCUT2D eigenvalue weighted by Gasteiger charge is -1.91. The minimum absolute atomic E-state index is 0.331. The molecule has 0 heterocycles. The number of hydrogen-bond acceptors (Lipinski definition) is 2. The van der Waals surface area contributed by atoms with Gasteiger partial charge in [-0.25, -0.2) is 4.79 Å². The lowest BCUT2D eigenvalue weighted by molar-refractivity contribution is -0.134. The molecule has 13 heavy (non-hydrogen) atoms. The van der Waals surface area contributed by atoms with E-state index in [4.69, 9.17) is 0 Å². The number of allylic oxidation sites excluding steroid dienone is 7. The van der Waals surface area contributed by atoms with E-state index >= 15 is 0 Å². The van der Waals surface area contributed by atoms with E-state index in [0.717, 1.165) is 12.0 Å². The van der Waals surface area contributed by atoms with Crippen molar-refractivity contribution in [3.8, 4) is 0 Å². The molecular formula is C11H12O2. The van der Waals surface area contributed by atoms with Gasteiger partial charge >= 0.3 is 5.97 Å². The fourth-order valence-corrected chi connectivity index (χ4v) is 0.939. The number of esters is 1. The first kappa shape index (κ1) is 9.52. The summed E-state index contributed by atoms with van der Waals surface area (Å²) < 4.78 is 4.48. The van der Waals surface area contributed by atoms with Gasteiger partial charge < -0.3 is 4.74 Å². The molecule has 1 aliphatic rings. The van der Waals surface area contributed by atoms with Gasteiger partial charge in [0.2, 0.25) is 0 Å². The SMILES string of the molecule is COC(=O)/C=C/C1=CC=CCC=C1. The monoisotopic (exact) mass is 176 g/mol. The lowest BCUT2D eigenvalue weighted by Crippen LogP contribution is -1.93. The number of carbonyl (C=O) groups excluding carboxylic acids is 1. The molecule has 1 rings (SSSR count). The third-order valence-electron chi connectivity index (χ3n) is 1.62. The van der Waals surface area contributed by atoms with Crippen molar-refractivity contribution >= 4 is 5.97 Å². The highest BCUT2D eigenvalue weighted by atomic mass is 16.5. The number of carbonyl (C=O) groups is 1. The van der Waals surface area contributed by atoms with Crippen LogP contribution in [0.25, 0.3) is 0 Å². The van der Waals surface area contributed by atoms with Gasteiger partial charge in [-0.15, -0.1) is 0 Å². The first-order valence-corrected chi connectivity index (χ1v) is 4.12. The van der Waals surface area contributed by atoms with Crippen LogP contribution in [0.15, 0.2) is 48.1 Å². The van der Waals surface area contributed by atoms with Gasteiger partial charge in [-0.1, -0.05) is 30.4 Å². The van der Waals surface area contributed by atoms with E-state index in [1.807, 2.05) is 24.3 Å². The first-order valence-electron chi connectivity index (χ1n) is 4.12. The van der Waals surface area contributed by atoms with Crippen molar-refractivity contribution in [2.45, 2.75) is 6.42 Å². The van der Waals surface area contributed by atoms with Crippen molar-refractivity contribution in [1.82, 2.24) is 0 Å². The fourth-order valence-electron chi connectivity index (χ4n) is 0.939. The van der Waals surface area contributed by atoms with E-state index in [2.05, 4.69) is 10.8 Å². The summed E-state index contributed by atoms with van der Waals surface area (Å²) in [5, 5.41) is 0. The summed E-state index contributed by atoms with van der Waals surface area (Å²) in [6, 6.07) is 0. The van der Waals surface area contributed by atoms with E-state index in [-0.39, 0.29) is 5.97 Å². The molecule has 0 fully saturated rings. The molecule has 0 aliphatic heterocycles. The molecular weight excluding hydrogens is 164 g/mol.